The second-order valence-corrected chi connectivity index (χ2v) is 4.72. The van der Waals surface area contributed by atoms with Crippen molar-refractivity contribution < 1.29 is 4.74 Å². The van der Waals surface area contributed by atoms with Crippen LogP contribution in [0.4, 0.5) is 5.69 Å². The summed E-state index contributed by atoms with van der Waals surface area (Å²) in [4.78, 5) is 2.50. The molecule has 0 fully saturated rings. The minimum atomic E-state index is 0.834. The van der Waals surface area contributed by atoms with Crippen LogP contribution in [0.15, 0.2) is 24.3 Å². The van der Waals surface area contributed by atoms with Gasteiger partial charge in [0.25, 0.3) is 0 Å². The molecule has 0 radical (unpaired) electrons. The van der Waals surface area contributed by atoms with Crippen molar-refractivity contribution in [1.29, 1.82) is 0 Å². The van der Waals surface area contributed by atoms with Gasteiger partial charge in [-0.3, -0.25) is 4.90 Å². The summed E-state index contributed by atoms with van der Waals surface area (Å²) in [5, 5.41) is 0. The highest BCUT2D eigenvalue weighted by Gasteiger charge is 2.04. The highest BCUT2D eigenvalue weighted by molar-refractivity contribution is 5.39. The van der Waals surface area contributed by atoms with Gasteiger partial charge in [0.1, 0.15) is 0 Å². The topological polar surface area (TPSA) is 38.5 Å². The van der Waals surface area contributed by atoms with Crippen molar-refractivity contribution in [3.63, 3.8) is 0 Å². The molecule has 102 valence electrons. The monoisotopic (exact) mass is 250 g/mol. The van der Waals surface area contributed by atoms with E-state index in [1.807, 2.05) is 12.1 Å². The maximum Gasteiger partial charge on any atom is 0.0462 e. The summed E-state index contributed by atoms with van der Waals surface area (Å²) in [7, 11) is 1.76. The predicted octanol–water partition coefficient (Wildman–Crippen LogP) is 2.91. The molecule has 0 amide bonds. The van der Waals surface area contributed by atoms with E-state index >= 15 is 0 Å². The SMILES string of the molecule is CCCN(CCCCOC)Cc1ccc(N)cc1. The van der Waals surface area contributed by atoms with E-state index in [1.54, 1.807) is 7.11 Å². The number of rotatable bonds is 9. The molecule has 0 aromatic heterocycles. The van der Waals surface area contributed by atoms with Gasteiger partial charge in [-0.1, -0.05) is 19.1 Å². The largest absolute Gasteiger partial charge is 0.399 e. The molecule has 0 spiro atoms. The smallest absolute Gasteiger partial charge is 0.0462 e. The third-order valence-electron chi connectivity index (χ3n) is 3.00. The van der Waals surface area contributed by atoms with E-state index in [2.05, 4.69) is 24.0 Å². The van der Waals surface area contributed by atoms with Crippen LogP contribution in [0, 0.1) is 0 Å². The van der Waals surface area contributed by atoms with Crippen LogP contribution in [0.25, 0.3) is 0 Å². The van der Waals surface area contributed by atoms with Gasteiger partial charge in [-0.2, -0.15) is 0 Å². The van der Waals surface area contributed by atoms with Gasteiger partial charge >= 0.3 is 0 Å². The lowest BCUT2D eigenvalue weighted by atomic mass is 10.2. The lowest BCUT2D eigenvalue weighted by molar-refractivity contribution is 0.182. The first kappa shape index (κ1) is 15.0. The van der Waals surface area contributed by atoms with Crippen LogP contribution in [0.3, 0.4) is 0 Å². The second-order valence-electron chi connectivity index (χ2n) is 4.72. The zero-order chi connectivity index (χ0) is 13.2. The molecule has 1 rings (SSSR count). The van der Waals surface area contributed by atoms with Gasteiger partial charge in [0, 0.05) is 25.9 Å². The standard InChI is InChI=1S/C15H26N2O/c1-3-10-17(11-4-5-12-18-2)13-14-6-8-15(16)9-7-14/h6-9H,3-5,10-13,16H2,1-2H3. The first-order chi connectivity index (χ1) is 8.76. The quantitative estimate of drug-likeness (QED) is 0.541. The van der Waals surface area contributed by atoms with Crippen molar-refractivity contribution in [3.05, 3.63) is 29.8 Å². The molecule has 0 aliphatic heterocycles. The fourth-order valence-electron chi connectivity index (χ4n) is 2.05. The van der Waals surface area contributed by atoms with Gasteiger partial charge in [-0.25, -0.2) is 0 Å². The Bertz CT molecular complexity index is 311. The maximum atomic E-state index is 5.70. The third kappa shape index (κ3) is 6.03. The number of anilines is 1. The molecule has 3 nitrogen and oxygen atoms in total. The van der Waals surface area contributed by atoms with Crippen LogP contribution >= 0.6 is 0 Å². The van der Waals surface area contributed by atoms with Crippen LogP contribution in [-0.2, 0) is 11.3 Å². The average Bonchev–Trinajstić information content (AvgIpc) is 2.37. The Morgan fingerprint density at radius 3 is 2.44 bits per heavy atom. The molecular weight excluding hydrogens is 224 g/mol. The summed E-state index contributed by atoms with van der Waals surface area (Å²) in [6.07, 6.45) is 3.53. The van der Waals surface area contributed by atoms with E-state index in [1.165, 1.54) is 18.4 Å². The Morgan fingerprint density at radius 2 is 1.83 bits per heavy atom. The van der Waals surface area contributed by atoms with Gasteiger partial charge in [0.05, 0.1) is 0 Å². The summed E-state index contributed by atoms with van der Waals surface area (Å²) in [5.74, 6) is 0. The predicted molar refractivity (Wildman–Crippen MR) is 77.5 cm³/mol. The van der Waals surface area contributed by atoms with Crippen molar-refractivity contribution in [3.8, 4) is 0 Å². The number of hydrogen-bond donors (Lipinski definition) is 1. The molecule has 0 unspecified atom stereocenters. The van der Waals surface area contributed by atoms with Crippen LogP contribution < -0.4 is 5.73 Å². The van der Waals surface area contributed by atoms with E-state index in [-0.39, 0.29) is 0 Å². The molecule has 0 aliphatic rings. The number of benzene rings is 1. The van der Waals surface area contributed by atoms with Crippen molar-refractivity contribution in [2.75, 3.05) is 32.5 Å². The summed E-state index contributed by atoms with van der Waals surface area (Å²) < 4.78 is 5.08. The Kier molecular flexibility index (Phi) is 7.46. The maximum absolute atomic E-state index is 5.70. The zero-order valence-electron chi connectivity index (χ0n) is 11.7. The fraction of sp³-hybridized carbons (Fsp3) is 0.600. The Balaban J connectivity index is 2.38. The van der Waals surface area contributed by atoms with Crippen LogP contribution in [0.1, 0.15) is 31.7 Å². The van der Waals surface area contributed by atoms with E-state index < -0.39 is 0 Å². The van der Waals surface area contributed by atoms with Crippen LogP contribution in [-0.4, -0.2) is 31.7 Å². The van der Waals surface area contributed by atoms with Crippen molar-refractivity contribution in [2.45, 2.75) is 32.7 Å². The summed E-state index contributed by atoms with van der Waals surface area (Å²) in [6.45, 7) is 6.40. The fourth-order valence-corrected chi connectivity index (χ4v) is 2.05. The number of unbranched alkanes of at least 4 members (excludes halogenated alkanes) is 1. The molecule has 0 aliphatic carbocycles. The van der Waals surface area contributed by atoms with Crippen molar-refractivity contribution in [1.82, 2.24) is 4.90 Å². The average molecular weight is 250 g/mol. The molecule has 0 heterocycles. The van der Waals surface area contributed by atoms with Crippen molar-refractivity contribution in [2.24, 2.45) is 0 Å². The van der Waals surface area contributed by atoms with E-state index in [0.717, 1.165) is 38.3 Å². The minimum Gasteiger partial charge on any atom is -0.399 e. The molecular formula is C15H26N2O. The number of nitrogen functional groups attached to an aromatic ring is 1. The minimum absolute atomic E-state index is 0.834. The Labute approximate surface area is 111 Å². The normalized spacial score (nSPS) is 11.1. The molecule has 0 saturated carbocycles. The first-order valence-corrected chi connectivity index (χ1v) is 6.82. The Hall–Kier alpha value is -1.06. The number of nitrogens with two attached hydrogens (primary N) is 1. The number of ether oxygens (including phenoxy) is 1. The summed E-state index contributed by atoms with van der Waals surface area (Å²) in [6, 6.07) is 8.19. The van der Waals surface area contributed by atoms with Crippen LogP contribution in [0.5, 0.6) is 0 Å². The molecule has 1 aromatic rings. The van der Waals surface area contributed by atoms with E-state index in [0.29, 0.717) is 0 Å². The molecule has 3 heteroatoms. The lowest BCUT2D eigenvalue weighted by Gasteiger charge is -2.21. The number of hydrogen-bond acceptors (Lipinski definition) is 3. The molecule has 1 aromatic carbocycles. The van der Waals surface area contributed by atoms with E-state index in [9.17, 15) is 0 Å². The lowest BCUT2D eigenvalue weighted by Crippen LogP contribution is -2.25. The Morgan fingerprint density at radius 1 is 1.11 bits per heavy atom. The second kappa shape index (κ2) is 8.95. The molecule has 18 heavy (non-hydrogen) atoms. The molecule has 0 atom stereocenters. The van der Waals surface area contributed by atoms with Gasteiger partial charge in [0.15, 0.2) is 0 Å². The van der Waals surface area contributed by atoms with Crippen molar-refractivity contribution >= 4 is 5.69 Å². The molecule has 0 bridgehead atoms. The van der Waals surface area contributed by atoms with Gasteiger partial charge < -0.3 is 10.5 Å². The first-order valence-electron chi connectivity index (χ1n) is 6.82. The van der Waals surface area contributed by atoms with Gasteiger partial charge in [-0.15, -0.1) is 0 Å². The zero-order valence-corrected chi connectivity index (χ0v) is 11.7. The molecule has 2 N–H and O–H groups in total. The van der Waals surface area contributed by atoms with Gasteiger partial charge in [-0.05, 0) is 50.0 Å². The highest BCUT2D eigenvalue weighted by Crippen LogP contribution is 2.09. The van der Waals surface area contributed by atoms with Crippen LogP contribution in [0.2, 0.25) is 0 Å². The highest BCUT2D eigenvalue weighted by atomic mass is 16.5. The van der Waals surface area contributed by atoms with Gasteiger partial charge in [0.2, 0.25) is 0 Å². The third-order valence-corrected chi connectivity index (χ3v) is 3.00. The summed E-state index contributed by atoms with van der Waals surface area (Å²) in [5.41, 5.74) is 7.87. The molecule has 0 saturated heterocycles. The number of methoxy groups -OCH3 is 1. The number of nitrogens with zero attached hydrogens (tertiary/aromatic N) is 1. The summed E-state index contributed by atoms with van der Waals surface area (Å²) >= 11 is 0. The van der Waals surface area contributed by atoms with E-state index in [4.69, 9.17) is 10.5 Å².